The van der Waals surface area contributed by atoms with Crippen molar-refractivity contribution in [2.45, 2.75) is 221 Å². The summed E-state index contributed by atoms with van der Waals surface area (Å²) in [4.78, 5) is 29.1. The Balaban J connectivity index is 2.00. The van der Waals surface area contributed by atoms with Crippen LogP contribution in [-0.4, -0.2) is 29.9 Å². The van der Waals surface area contributed by atoms with Crippen molar-refractivity contribution in [1.82, 2.24) is 29.9 Å². The molecule has 0 unspecified atom stereocenters. The van der Waals surface area contributed by atoms with E-state index in [4.69, 9.17) is 34.6 Å². The van der Waals surface area contributed by atoms with Gasteiger partial charge in [0.2, 0.25) is 0 Å². The number of ether oxygens (including phenoxy) is 1. The summed E-state index contributed by atoms with van der Waals surface area (Å²) < 4.78 is 6.20. The largest absolute Gasteiger partial charge is 0.365 e. The summed E-state index contributed by atoms with van der Waals surface area (Å²) in [7, 11) is 0. The molecule has 268 valence electrons. The monoisotopic (exact) mass is 653 g/mol. The molecule has 47 heavy (non-hydrogen) atoms. The van der Waals surface area contributed by atoms with Crippen molar-refractivity contribution in [3.05, 3.63) is 34.9 Å². The maximum Gasteiger partial charge on any atom is 0.158 e. The van der Waals surface area contributed by atoms with E-state index in [1.807, 2.05) is 0 Å². The van der Waals surface area contributed by atoms with Gasteiger partial charge in [-0.05, 0) is 25.7 Å². The lowest BCUT2D eigenvalue weighted by Crippen LogP contribution is -2.12. The second-order valence-corrected chi connectivity index (χ2v) is 13.7. The fourth-order valence-electron chi connectivity index (χ4n) is 6.11. The molecule has 0 aliphatic carbocycles. The molecule has 0 N–H and O–H groups in total. The molecule has 0 saturated carbocycles. The highest BCUT2D eigenvalue weighted by Gasteiger charge is 2.11. The molecule has 7 heteroatoms. The normalized spacial score (nSPS) is 11.5. The van der Waals surface area contributed by atoms with E-state index in [9.17, 15) is 0 Å². The lowest BCUT2D eigenvalue weighted by atomic mass is 10.1. The van der Waals surface area contributed by atoms with Gasteiger partial charge < -0.3 is 4.74 Å². The van der Waals surface area contributed by atoms with E-state index in [0.717, 1.165) is 86.3 Å². The van der Waals surface area contributed by atoms with Gasteiger partial charge in [-0.15, -0.1) is 0 Å². The zero-order chi connectivity index (χ0) is 33.6. The first-order valence-electron chi connectivity index (χ1n) is 20.2. The summed E-state index contributed by atoms with van der Waals surface area (Å²) in [6.07, 6.45) is 34.1. The zero-order valence-electron chi connectivity index (χ0n) is 31.3. The summed E-state index contributed by atoms with van der Waals surface area (Å²) in [6, 6.07) is 0. The first-order chi connectivity index (χ1) is 23.2. The van der Waals surface area contributed by atoms with Gasteiger partial charge in [0.15, 0.2) is 11.6 Å². The van der Waals surface area contributed by atoms with Crippen LogP contribution in [0.2, 0.25) is 0 Å². The highest BCUT2D eigenvalue weighted by molar-refractivity contribution is 5.00. The molecule has 0 bridgehead atoms. The van der Waals surface area contributed by atoms with Gasteiger partial charge in [-0.25, -0.2) is 29.9 Å². The lowest BCUT2D eigenvalue weighted by molar-refractivity contribution is 0.0954. The average Bonchev–Trinajstić information content (AvgIpc) is 3.07. The molecule has 0 atom stereocenters. The average molecular weight is 653 g/mol. The van der Waals surface area contributed by atoms with Gasteiger partial charge in [-0.2, -0.15) is 0 Å². The smallest absolute Gasteiger partial charge is 0.158 e. The van der Waals surface area contributed by atoms with Crippen LogP contribution >= 0.6 is 0 Å². The van der Waals surface area contributed by atoms with Crippen LogP contribution < -0.4 is 0 Å². The molecular formula is C40H72N6O. The Morgan fingerprint density at radius 2 is 0.489 bits per heavy atom. The number of unbranched alkanes of at least 4 members (excludes halogenated alkanes) is 20. The van der Waals surface area contributed by atoms with Crippen LogP contribution in [0.5, 0.6) is 0 Å². The Labute approximate surface area is 289 Å². The SMILES string of the molecule is CCCCCCCCc1nc(CCCCCCCC)nc(COCc2nc(CCCCCCCC)nc(CCCCCCCC)n2)n1. The molecule has 2 rings (SSSR count). The zero-order valence-corrected chi connectivity index (χ0v) is 31.3. The van der Waals surface area contributed by atoms with Gasteiger partial charge in [0.1, 0.15) is 36.5 Å². The Morgan fingerprint density at radius 1 is 0.277 bits per heavy atom. The lowest BCUT2D eigenvalue weighted by Gasteiger charge is -2.10. The van der Waals surface area contributed by atoms with Crippen LogP contribution in [0.25, 0.3) is 0 Å². The van der Waals surface area contributed by atoms with E-state index in [-0.39, 0.29) is 0 Å². The molecule has 0 saturated heterocycles. The molecule has 2 aromatic rings. The summed E-state index contributed by atoms with van der Waals surface area (Å²) >= 11 is 0. The van der Waals surface area contributed by atoms with E-state index in [0.29, 0.717) is 13.2 Å². The fraction of sp³-hybridized carbons (Fsp3) is 0.850. The molecular weight excluding hydrogens is 580 g/mol. The standard InChI is InChI=1S/C40H72N6O/c1-5-9-13-17-21-25-29-35-41-36(30-26-22-18-14-10-6-2)44-39(43-35)33-47-34-40-45-37(31-27-23-19-15-11-7-3)42-38(46-40)32-28-24-20-16-12-8-4/h5-34H2,1-4H3. The van der Waals surface area contributed by atoms with E-state index >= 15 is 0 Å². The number of hydrogen-bond donors (Lipinski definition) is 0. The number of aryl methyl sites for hydroxylation is 4. The maximum atomic E-state index is 6.20. The minimum absolute atomic E-state index is 0.362. The molecule has 0 amide bonds. The third-order valence-corrected chi connectivity index (χ3v) is 9.03. The Bertz CT molecular complexity index is 868. The maximum absolute atomic E-state index is 6.20. The first-order valence-corrected chi connectivity index (χ1v) is 20.2. The van der Waals surface area contributed by atoms with Crippen LogP contribution in [0.1, 0.15) is 217 Å². The molecule has 0 aliphatic rings. The van der Waals surface area contributed by atoms with Gasteiger partial charge in [0.25, 0.3) is 0 Å². The highest BCUT2D eigenvalue weighted by Crippen LogP contribution is 2.14. The van der Waals surface area contributed by atoms with Gasteiger partial charge in [0.05, 0.1) is 0 Å². The Morgan fingerprint density at radius 3 is 0.745 bits per heavy atom. The molecule has 0 radical (unpaired) electrons. The van der Waals surface area contributed by atoms with E-state index < -0.39 is 0 Å². The number of hydrogen-bond acceptors (Lipinski definition) is 7. The Hall–Kier alpha value is -2.02. The predicted molar refractivity (Wildman–Crippen MR) is 196 cm³/mol. The van der Waals surface area contributed by atoms with Crippen molar-refractivity contribution in [2.24, 2.45) is 0 Å². The molecule has 2 aromatic heterocycles. The van der Waals surface area contributed by atoms with Gasteiger partial charge in [0, 0.05) is 25.7 Å². The third kappa shape index (κ3) is 21.5. The van der Waals surface area contributed by atoms with Gasteiger partial charge in [-0.3, -0.25) is 0 Å². The van der Waals surface area contributed by atoms with Crippen LogP contribution in [-0.2, 0) is 43.6 Å². The second kappa shape index (κ2) is 28.9. The predicted octanol–water partition coefficient (Wildman–Crippen LogP) is 11.4. The van der Waals surface area contributed by atoms with Crippen molar-refractivity contribution in [1.29, 1.82) is 0 Å². The third-order valence-electron chi connectivity index (χ3n) is 9.03. The Kier molecular flexibility index (Phi) is 25.3. The summed E-state index contributed by atoms with van der Waals surface area (Å²) in [5, 5.41) is 0. The molecule has 0 aliphatic heterocycles. The quantitative estimate of drug-likeness (QED) is 0.0727. The summed E-state index contributed by atoms with van der Waals surface area (Å²) in [5.74, 6) is 5.21. The number of aromatic nitrogens is 6. The van der Waals surface area contributed by atoms with Crippen molar-refractivity contribution >= 4 is 0 Å². The number of rotatable bonds is 32. The minimum atomic E-state index is 0.362. The fourth-order valence-corrected chi connectivity index (χ4v) is 6.11. The molecule has 0 fully saturated rings. The van der Waals surface area contributed by atoms with Crippen LogP contribution in [0.3, 0.4) is 0 Å². The minimum Gasteiger partial charge on any atom is -0.365 e. The topological polar surface area (TPSA) is 86.6 Å². The molecule has 0 spiro atoms. The number of nitrogens with zero attached hydrogens (tertiary/aromatic N) is 6. The van der Waals surface area contributed by atoms with Crippen LogP contribution in [0.4, 0.5) is 0 Å². The molecule has 0 aromatic carbocycles. The van der Waals surface area contributed by atoms with E-state index in [1.165, 1.54) is 128 Å². The van der Waals surface area contributed by atoms with Gasteiger partial charge in [-0.1, -0.05) is 156 Å². The van der Waals surface area contributed by atoms with Crippen molar-refractivity contribution in [3.63, 3.8) is 0 Å². The van der Waals surface area contributed by atoms with Crippen LogP contribution in [0, 0.1) is 0 Å². The van der Waals surface area contributed by atoms with E-state index in [1.54, 1.807) is 0 Å². The highest BCUT2D eigenvalue weighted by atomic mass is 16.5. The second-order valence-electron chi connectivity index (χ2n) is 13.7. The molecule has 7 nitrogen and oxygen atoms in total. The van der Waals surface area contributed by atoms with Crippen molar-refractivity contribution in [3.8, 4) is 0 Å². The summed E-state index contributed by atoms with van der Waals surface area (Å²) in [6.45, 7) is 9.80. The van der Waals surface area contributed by atoms with Crippen molar-refractivity contribution in [2.75, 3.05) is 0 Å². The molecule has 2 heterocycles. The first kappa shape index (κ1) is 41.2. The van der Waals surface area contributed by atoms with E-state index in [2.05, 4.69) is 27.7 Å². The van der Waals surface area contributed by atoms with Crippen LogP contribution in [0.15, 0.2) is 0 Å². The van der Waals surface area contributed by atoms with Crippen molar-refractivity contribution < 1.29 is 4.74 Å². The van der Waals surface area contributed by atoms with Gasteiger partial charge >= 0.3 is 0 Å². The summed E-state index contributed by atoms with van der Waals surface area (Å²) in [5.41, 5.74) is 0.